The molecule has 0 aliphatic carbocycles. The highest BCUT2D eigenvalue weighted by Crippen LogP contribution is 2.31. The summed E-state index contributed by atoms with van der Waals surface area (Å²) in [6, 6.07) is 3.59. The van der Waals surface area contributed by atoms with E-state index < -0.39 is 11.7 Å². The standard InChI is InChI=1S/C17H11F3N6O.C4H8O.C2H6/c1-26-7-9(5-24-26)14-15-11(16(27)23-8-22-15)4-13(25-14)12-3-2-10(6-21-12)17(18,19)20;1-2-4-5-3-1;1-2/h2-8H,1H3,(H,22,23,27);1-4H2;1-2H3. The Morgan fingerprint density at radius 1 is 1.06 bits per heavy atom. The summed E-state index contributed by atoms with van der Waals surface area (Å²) in [5.74, 6) is 0. The molecule has 34 heavy (non-hydrogen) atoms. The average molecular weight is 474 g/mol. The molecule has 0 amide bonds. The SMILES string of the molecule is C1CCOC1.CC.Cn1cc(-c2nc(-c3ccc(C(F)(F)F)cn3)cc3c(=O)[nH]cnc23)cn1. The van der Waals surface area contributed by atoms with Crippen LogP contribution in [0.5, 0.6) is 0 Å². The molecule has 0 spiro atoms. The van der Waals surface area contributed by atoms with Gasteiger partial charge in [0.15, 0.2) is 0 Å². The zero-order valence-corrected chi connectivity index (χ0v) is 19.1. The van der Waals surface area contributed by atoms with Gasteiger partial charge in [0, 0.05) is 38.2 Å². The first kappa shape index (κ1) is 25.0. The number of nitrogens with one attached hydrogen (secondary N) is 1. The number of alkyl halides is 3. The third kappa shape index (κ3) is 5.84. The highest BCUT2D eigenvalue weighted by Gasteiger charge is 2.30. The van der Waals surface area contributed by atoms with Crippen molar-refractivity contribution in [3.05, 3.63) is 59.0 Å². The first-order valence-electron chi connectivity index (χ1n) is 10.8. The second-order valence-electron chi connectivity index (χ2n) is 7.14. The fourth-order valence-electron chi connectivity index (χ4n) is 3.17. The van der Waals surface area contributed by atoms with Crippen LogP contribution in [0.15, 0.2) is 47.9 Å². The molecule has 11 heteroatoms. The number of nitrogens with zero attached hydrogens (tertiary/aromatic N) is 5. The van der Waals surface area contributed by atoms with Crippen LogP contribution in [-0.4, -0.2) is 42.9 Å². The minimum absolute atomic E-state index is 0.207. The quantitative estimate of drug-likeness (QED) is 0.455. The summed E-state index contributed by atoms with van der Waals surface area (Å²) in [7, 11) is 1.73. The lowest BCUT2D eigenvalue weighted by atomic mass is 10.1. The lowest BCUT2D eigenvalue weighted by Gasteiger charge is -2.09. The molecular formula is C23H25F3N6O2. The minimum atomic E-state index is -4.48. The van der Waals surface area contributed by atoms with Gasteiger partial charge in [-0.25, -0.2) is 9.97 Å². The van der Waals surface area contributed by atoms with Crippen LogP contribution in [0.1, 0.15) is 32.3 Å². The normalized spacial score (nSPS) is 13.1. The monoisotopic (exact) mass is 474 g/mol. The Hall–Kier alpha value is -3.60. The first-order chi connectivity index (χ1) is 16.3. The van der Waals surface area contributed by atoms with Gasteiger partial charge in [0.05, 0.1) is 34.9 Å². The van der Waals surface area contributed by atoms with Crippen molar-refractivity contribution in [3.8, 4) is 22.6 Å². The Labute approximate surface area is 193 Å². The summed E-state index contributed by atoms with van der Waals surface area (Å²) in [5.41, 5.74) is 0.590. The fourth-order valence-corrected chi connectivity index (χ4v) is 3.17. The number of aryl methyl sites for hydroxylation is 1. The minimum Gasteiger partial charge on any atom is -0.381 e. The topological polar surface area (TPSA) is 98.6 Å². The molecule has 1 fully saturated rings. The van der Waals surface area contributed by atoms with E-state index in [1.54, 1.807) is 24.1 Å². The number of fused-ring (bicyclic) bond motifs is 1. The van der Waals surface area contributed by atoms with Crippen LogP contribution in [0.3, 0.4) is 0 Å². The van der Waals surface area contributed by atoms with Gasteiger partial charge >= 0.3 is 6.18 Å². The molecular weight excluding hydrogens is 449 g/mol. The van der Waals surface area contributed by atoms with Gasteiger partial charge in [-0.05, 0) is 31.0 Å². The number of rotatable bonds is 2. The average Bonchev–Trinajstić information content (AvgIpc) is 3.55. The van der Waals surface area contributed by atoms with Crippen molar-refractivity contribution in [1.29, 1.82) is 0 Å². The van der Waals surface area contributed by atoms with E-state index in [0.29, 0.717) is 16.8 Å². The van der Waals surface area contributed by atoms with Crippen molar-refractivity contribution in [2.45, 2.75) is 32.9 Å². The summed E-state index contributed by atoms with van der Waals surface area (Å²) in [4.78, 5) is 27.2. The highest BCUT2D eigenvalue weighted by atomic mass is 19.4. The van der Waals surface area contributed by atoms with Gasteiger partial charge in [-0.1, -0.05) is 13.8 Å². The van der Waals surface area contributed by atoms with Crippen LogP contribution in [0.4, 0.5) is 13.2 Å². The molecule has 1 N–H and O–H groups in total. The second-order valence-corrected chi connectivity index (χ2v) is 7.14. The zero-order chi connectivity index (χ0) is 24.7. The van der Waals surface area contributed by atoms with Crippen molar-refractivity contribution in [2.75, 3.05) is 13.2 Å². The maximum absolute atomic E-state index is 12.8. The molecule has 0 bridgehead atoms. The molecule has 4 aromatic rings. The molecule has 0 unspecified atom stereocenters. The number of hydrogen-bond donors (Lipinski definition) is 1. The number of aromatic nitrogens is 6. The molecule has 5 rings (SSSR count). The predicted octanol–water partition coefficient (Wildman–Crippen LogP) is 4.62. The number of hydrogen-bond acceptors (Lipinski definition) is 6. The Balaban J connectivity index is 0.000000404. The molecule has 0 radical (unpaired) electrons. The Morgan fingerprint density at radius 3 is 2.32 bits per heavy atom. The van der Waals surface area contributed by atoms with Gasteiger partial charge < -0.3 is 9.72 Å². The molecule has 1 aliphatic rings. The molecule has 1 saturated heterocycles. The molecule has 180 valence electrons. The maximum Gasteiger partial charge on any atom is 0.417 e. The molecule has 5 heterocycles. The van der Waals surface area contributed by atoms with Gasteiger partial charge in [0.25, 0.3) is 5.56 Å². The van der Waals surface area contributed by atoms with E-state index in [4.69, 9.17) is 4.74 Å². The van der Waals surface area contributed by atoms with Crippen molar-refractivity contribution >= 4 is 10.9 Å². The van der Waals surface area contributed by atoms with E-state index in [-0.39, 0.29) is 22.3 Å². The largest absolute Gasteiger partial charge is 0.417 e. The van der Waals surface area contributed by atoms with Gasteiger partial charge in [0.2, 0.25) is 0 Å². The molecule has 0 atom stereocenters. The van der Waals surface area contributed by atoms with Crippen molar-refractivity contribution in [2.24, 2.45) is 7.05 Å². The van der Waals surface area contributed by atoms with Crippen LogP contribution >= 0.6 is 0 Å². The van der Waals surface area contributed by atoms with Gasteiger partial charge in [-0.2, -0.15) is 18.3 Å². The van der Waals surface area contributed by atoms with E-state index in [1.165, 1.54) is 31.3 Å². The Kier molecular flexibility index (Phi) is 8.11. The second kappa shape index (κ2) is 11.0. The molecule has 0 aromatic carbocycles. The van der Waals surface area contributed by atoms with Gasteiger partial charge in [0.1, 0.15) is 11.2 Å². The summed E-state index contributed by atoms with van der Waals surface area (Å²) in [6.45, 7) is 6.00. The van der Waals surface area contributed by atoms with E-state index in [9.17, 15) is 18.0 Å². The number of pyridine rings is 2. The zero-order valence-electron chi connectivity index (χ0n) is 19.1. The molecule has 4 aromatic heterocycles. The number of ether oxygens (including phenoxy) is 1. The third-order valence-electron chi connectivity index (χ3n) is 4.79. The highest BCUT2D eigenvalue weighted by molar-refractivity contribution is 5.92. The molecule has 1 aliphatic heterocycles. The van der Waals surface area contributed by atoms with Gasteiger partial charge in [-0.15, -0.1) is 0 Å². The summed E-state index contributed by atoms with van der Waals surface area (Å²) in [5, 5.41) is 4.34. The molecule has 8 nitrogen and oxygen atoms in total. The van der Waals surface area contributed by atoms with Crippen LogP contribution in [0.25, 0.3) is 33.5 Å². The Morgan fingerprint density at radius 2 is 1.79 bits per heavy atom. The third-order valence-corrected chi connectivity index (χ3v) is 4.79. The smallest absolute Gasteiger partial charge is 0.381 e. The predicted molar refractivity (Wildman–Crippen MR) is 122 cm³/mol. The van der Waals surface area contributed by atoms with Crippen LogP contribution in [0, 0.1) is 0 Å². The van der Waals surface area contributed by atoms with Crippen LogP contribution in [0.2, 0.25) is 0 Å². The van der Waals surface area contributed by atoms with E-state index in [1.807, 2.05) is 13.8 Å². The summed E-state index contributed by atoms with van der Waals surface area (Å²) >= 11 is 0. The first-order valence-corrected chi connectivity index (χ1v) is 10.8. The lowest BCUT2D eigenvalue weighted by Crippen LogP contribution is -2.08. The van der Waals surface area contributed by atoms with Crippen molar-refractivity contribution < 1.29 is 17.9 Å². The van der Waals surface area contributed by atoms with E-state index in [0.717, 1.165) is 25.5 Å². The number of aromatic amines is 1. The fraction of sp³-hybridized carbons (Fsp3) is 0.348. The summed E-state index contributed by atoms with van der Waals surface area (Å²) in [6.07, 6.45) is 3.34. The Bertz CT molecular complexity index is 1270. The summed E-state index contributed by atoms with van der Waals surface area (Å²) < 4.78 is 44.8. The van der Waals surface area contributed by atoms with Crippen LogP contribution < -0.4 is 5.56 Å². The van der Waals surface area contributed by atoms with E-state index >= 15 is 0 Å². The molecule has 0 saturated carbocycles. The lowest BCUT2D eigenvalue weighted by molar-refractivity contribution is -0.137. The van der Waals surface area contributed by atoms with Crippen LogP contribution in [-0.2, 0) is 18.0 Å². The van der Waals surface area contributed by atoms with Crippen molar-refractivity contribution in [1.82, 2.24) is 29.7 Å². The number of halogens is 3. The number of H-pyrrole nitrogens is 1. The maximum atomic E-state index is 12.8. The van der Waals surface area contributed by atoms with Crippen molar-refractivity contribution in [3.63, 3.8) is 0 Å². The van der Waals surface area contributed by atoms with Gasteiger partial charge in [-0.3, -0.25) is 14.5 Å². The van der Waals surface area contributed by atoms with E-state index in [2.05, 4.69) is 25.0 Å².